The first-order chi connectivity index (χ1) is 13.6. The van der Waals surface area contributed by atoms with Crippen LogP contribution in [0.1, 0.15) is 43.2 Å². The van der Waals surface area contributed by atoms with Crippen LogP contribution in [0.2, 0.25) is 0 Å². The topological polar surface area (TPSA) is 128 Å². The van der Waals surface area contributed by atoms with E-state index in [-0.39, 0.29) is 30.4 Å². The number of hydrogen-bond donors (Lipinski definition) is 4. The second-order valence-corrected chi connectivity index (χ2v) is 11.2. The molecule has 1 spiro atoms. The van der Waals surface area contributed by atoms with Crippen LogP contribution in [0.5, 0.6) is 11.5 Å². The van der Waals surface area contributed by atoms with Crippen molar-refractivity contribution in [2.45, 2.75) is 66.6 Å². The smallest absolute Gasteiger partial charge is 0.298 e. The number of benzene rings is 1. The Hall–Kier alpha value is -1.39. The van der Waals surface area contributed by atoms with Crippen molar-refractivity contribution < 1.29 is 33.0 Å². The number of phenols is 1. The zero-order valence-electron chi connectivity index (χ0n) is 15.9. The minimum absolute atomic E-state index is 0.0313. The van der Waals surface area contributed by atoms with E-state index in [2.05, 4.69) is 4.90 Å². The molecular weight excluding hydrogens is 398 g/mol. The Morgan fingerprint density at radius 2 is 1.93 bits per heavy atom. The van der Waals surface area contributed by atoms with Crippen molar-refractivity contribution in [2.24, 2.45) is 5.92 Å². The number of phenolic OH excluding ortho intramolecular Hbond substituents is 1. The average molecular weight is 423 g/mol. The van der Waals surface area contributed by atoms with Crippen LogP contribution in [-0.2, 0) is 22.0 Å². The fraction of sp³-hybridized carbons (Fsp3) is 0.700. The molecule has 3 fully saturated rings. The lowest BCUT2D eigenvalue weighted by Gasteiger charge is -2.64. The van der Waals surface area contributed by atoms with Gasteiger partial charge in [-0.05, 0) is 62.6 Å². The summed E-state index contributed by atoms with van der Waals surface area (Å²) in [6.45, 7) is 1.54. The highest BCUT2D eigenvalue weighted by atomic mass is 32.2. The summed E-state index contributed by atoms with van der Waals surface area (Å²) in [5.74, 6) is 0.619. The molecule has 9 heteroatoms. The standard InChI is InChI=1S/C20H25NO7S/c22-13-4-3-12-9-14-19(23)5-6-20(24,29(25,26)27)17-18(19,15(12)16(13)28-17)7-8-21(14)10-11-1-2-11/h3-4,11,14,17,22-24H,1-2,5-10H2,(H,25,26,27)/t14-,17-,18+,19-,20?/m1/s1. The van der Waals surface area contributed by atoms with Gasteiger partial charge in [-0.25, -0.2) is 0 Å². The maximum atomic E-state index is 12.2. The summed E-state index contributed by atoms with van der Waals surface area (Å²) in [5, 5.41) is 33.7. The second-order valence-electron chi connectivity index (χ2n) is 9.57. The van der Waals surface area contributed by atoms with Crippen molar-refractivity contribution in [1.82, 2.24) is 4.90 Å². The van der Waals surface area contributed by atoms with Gasteiger partial charge in [-0.3, -0.25) is 9.45 Å². The number of aliphatic hydroxyl groups is 2. The van der Waals surface area contributed by atoms with Crippen LogP contribution in [0.4, 0.5) is 0 Å². The van der Waals surface area contributed by atoms with Gasteiger partial charge < -0.3 is 20.1 Å². The fourth-order valence-corrected chi connectivity index (χ4v) is 7.60. The quantitative estimate of drug-likeness (QED) is 0.519. The van der Waals surface area contributed by atoms with E-state index in [1.807, 2.05) is 0 Å². The number of nitrogens with zero attached hydrogens (tertiary/aromatic N) is 1. The maximum absolute atomic E-state index is 12.2. The highest BCUT2D eigenvalue weighted by molar-refractivity contribution is 7.87. The molecule has 0 radical (unpaired) electrons. The molecule has 1 aromatic rings. The van der Waals surface area contributed by atoms with Crippen LogP contribution in [0, 0.1) is 5.92 Å². The normalized spacial score (nSPS) is 43.0. The van der Waals surface area contributed by atoms with Gasteiger partial charge in [0, 0.05) is 18.2 Å². The van der Waals surface area contributed by atoms with Gasteiger partial charge in [-0.1, -0.05) is 6.07 Å². The molecule has 1 unspecified atom stereocenters. The average Bonchev–Trinajstić information content (AvgIpc) is 3.38. The predicted molar refractivity (Wildman–Crippen MR) is 101 cm³/mol. The summed E-state index contributed by atoms with van der Waals surface area (Å²) < 4.78 is 40.3. The molecule has 4 N–H and O–H groups in total. The maximum Gasteiger partial charge on any atom is 0.298 e. The van der Waals surface area contributed by atoms with E-state index in [9.17, 15) is 28.3 Å². The third-order valence-corrected chi connectivity index (χ3v) is 9.55. The van der Waals surface area contributed by atoms with Gasteiger partial charge in [0.1, 0.15) is 0 Å². The molecule has 2 saturated carbocycles. The molecule has 6 rings (SSSR count). The van der Waals surface area contributed by atoms with E-state index < -0.39 is 32.2 Å². The summed E-state index contributed by atoms with van der Waals surface area (Å²) >= 11 is 0. The first-order valence-corrected chi connectivity index (χ1v) is 11.7. The Kier molecular flexibility index (Phi) is 3.33. The minimum atomic E-state index is -4.89. The first kappa shape index (κ1) is 18.4. The first-order valence-electron chi connectivity index (χ1n) is 10.3. The van der Waals surface area contributed by atoms with E-state index in [4.69, 9.17) is 4.74 Å². The van der Waals surface area contributed by atoms with Crippen molar-refractivity contribution in [1.29, 1.82) is 0 Å². The third kappa shape index (κ3) is 2.01. The summed E-state index contributed by atoms with van der Waals surface area (Å²) in [6.07, 6.45) is 1.67. The minimum Gasteiger partial charge on any atom is -0.504 e. The molecule has 5 aliphatic rings. The molecule has 158 valence electrons. The van der Waals surface area contributed by atoms with Crippen molar-refractivity contribution in [2.75, 3.05) is 13.1 Å². The predicted octanol–water partition coefficient (Wildman–Crippen LogP) is 0.533. The van der Waals surface area contributed by atoms with Crippen LogP contribution >= 0.6 is 0 Å². The van der Waals surface area contributed by atoms with Gasteiger partial charge in [0.15, 0.2) is 17.6 Å². The van der Waals surface area contributed by atoms with Crippen molar-refractivity contribution in [3.05, 3.63) is 23.3 Å². The largest absolute Gasteiger partial charge is 0.504 e. The molecule has 0 aromatic heterocycles. The summed E-state index contributed by atoms with van der Waals surface area (Å²) in [6, 6.07) is 3.09. The lowest BCUT2D eigenvalue weighted by molar-refractivity contribution is -0.217. The highest BCUT2D eigenvalue weighted by Gasteiger charge is 2.78. The molecule has 0 amide bonds. The monoisotopic (exact) mass is 423 g/mol. The molecule has 29 heavy (non-hydrogen) atoms. The lowest BCUT2D eigenvalue weighted by atomic mass is 9.48. The van der Waals surface area contributed by atoms with Crippen molar-refractivity contribution in [3.63, 3.8) is 0 Å². The SMILES string of the molecule is O=S(=O)(O)C1(O)CC[C@@]2(O)[C@H]3Cc4ccc(O)c5c4[C@@]2(CCN3CC2CC2)[C@H]1O5. The van der Waals surface area contributed by atoms with E-state index in [0.717, 1.165) is 12.1 Å². The molecule has 1 saturated heterocycles. The molecule has 2 heterocycles. The van der Waals surface area contributed by atoms with Crippen LogP contribution < -0.4 is 4.74 Å². The summed E-state index contributed by atoms with van der Waals surface area (Å²) in [4.78, 5) is -0.228. The lowest BCUT2D eigenvalue weighted by Crippen LogP contribution is -2.80. The molecular formula is C20H25NO7S. The Morgan fingerprint density at radius 3 is 2.62 bits per heavy atom. The Morgan fingerprint density at radius 1 is 1.17 bits per heavy atom. The molecule has 3 aliphatic carbocycles. The van der Waals surface area contributed by atoms with Crippen molar-refractivity contribution >= 4 is 10.1 Å². The van der Waals surface area contributed by atoms with E-state index in [1.54, 1.807) is 6.07 Å². The van der Waals surface area contributed by atoms with Crippen LogP contribution in [-0.4, -0.2) is 69.0 Å². The van der Waals surface area contributed by atoms with Gasteiger partial charge in [0.05, 0.1) is 11.0 Å². The number of rotatable bonds is 3. The Balaban J connectivity index is 1.59. The molecule has 2 bridgehead atoms. The Labute approximate surface area is 168 Å². The van der Waals surface area contributed by atoms with Gasteiger partial charge in [0.25, 0.3) is 10.1 Å². The summed E-state index contributed by atoms with van der Waals surface area (Å²) in [5.41, 5.74) is -1.00. The molecule has 2 aliphatic heterocycles. The Bertz CT molecular complexity index is 1020. The van der Waals surface area contributed by atoms with E-state index in [1.165, 1.54) is 18.9 Å². The van der Waals surface area contributed by atoms with Crippen molar-refractivity contribution in [3.8, 4) is 11.5 Å². The number of ether oxygens (including phenoxy) is 1. The second kappa shape index (κ2) is 5.26. The van der Waals surface area contributed by atoms with Gasteiger partial charge in [-0.15, -0.1) is 0 Å². The number of hydrogen-bond acceptors (Lipinski definition) is 7. The fourth-order valence-electron chi connectivity index (χ4n) is 6.72. The zero-order valence-corrected chi connectivity index (χ0v) is 16.7. The van der Waals surface area contributed by atoms with Crippen LogP contribution in [0.25, 0.3) is 0 Å². The van der Waals surface area contributed by atoms with E-state index >= 15 is 0 Å². The summed E-state index contributed by atoms with van der Waals surface area (Å²) in [7, 11) is -4.89. The molecule has 5 atom stereocenters. The third-order valence-electron chi connectivity index (χ3n) is 8.23. The molecule has 1 aromatic carbocycles. The highest BCUT2D eigenvalue weighted by Crippen LogP contribution is 2.67. The van der Waals surface area contributed by atoms with Crippen LogP contribution in [0.3, 0.4) is 0 Å². The van der Waals surface area contributed by atoms with Gasteiger partial charge >= 0.3 is 0 Å². The van der Waals surface area contributed by atoms with Crippen LogP contribution in [0.15, 0.2) is 12.1 Å². The van der Waals surface area contributed by atoms with Gasteiger partial charge in [-0.2, -0.15) is 8.42 Å². The van der Waals surface area contributed by atoms with E-state index in [0.29, 0.717) is 30.9 Å². The number of piperidine rings is 1. The zero-order chi connectivity index (χ0) is 20.4. The number of likely N-dealkylation sites (tertiary alicyclic amines) is 1. The number of aromatic hydroxyl groups is 1. The van der Waals surface area contributed by atoms with Gasteiger partial charge in [0.2, 0.25) is 4.93 Å². The molecule has 8 nitrogen and oxygen atoms in total.